The van der Waals surface area contributed by atoms with Crippen LogP contribution in [0.15, 0.2) is 85.2 Å². The molecule has 4 aromatic rings. The predicted molar refractivity (Wildman–Crippen MR) is 126 cm³/mol. The number of carbonyl (C=O) groups excluding carboxylic acids is 1. The molecular weight excluding hydrogens is 396 g/mol. The Morgan fingerprint density at radius 2 is 1.69 bits per heavy atom. The molecule has 1 aliphatic carbocycles. The Bertz CT molecular complexity index is 1230. The van der Waals surface area contributed by atoms with E-state index in [2.05, 4.69) is 59.2 Å². The maximum atomic E-state index is 11.5. The first-order chi connectivity index (χ1) is 15.7. The summed E-state index contributed by atoms with van der Waals surface area (Å²) in [7, 11) is 0. The highest BCUT2D eigenvalue weighted by atomic mass is 16.5. The van der Waals surface area contributed by atoms with E-state index < -0.39 is 0 Å². The molecule has 1 atom stereocenters. The van der Waals surface area contributed by atoms with Crippen molar-refractivity contribution in [3.63, 3.8) is 0 Å². The molecular formula is C28H26N2O2. The average Bonchev–Trinajstić information content (AvgIpc) is 3.23. The number of esters is 1. The van der Waals surface area contributed by atoms with Gasteiger partial charge in [-0.05, 0) is 42.4 Å². The minimum Gasteiger partial charge on any atom is -0.426 e. The van der Waals surface area contributed by atoms with E-state index >= 15 is 0 Å². The lowest BCUT2D eigenvalue weighted by Crippen LogP contribution is -2.20. The van der Waals surface area contributed by atoms with Crippen LogP contribution in [0.1, 0.15) is 24.5 Å². The first kappa shape index (κ1) is 20.3. The van der Waals surface area contributed by atoms with Crippen molar-refractivity contribution in [1.29, 1.82) is 0 Å². The number of carbonyl (C=O) groups is 1. The van der Waals surface area contributed by atoms with Crippen LogP contribution in [0.3, 0.4) is 0 Å². The van der Waals surface area contributed by atoms with E-state index in [0.29, 0.717) is 11.7 Å². The van der Waals surface area contributed by atoms with Crippen molar-refractivity contribution in [2.45, 2.75) is 32.7 Å². The van der Waals surface area contributed by atoms with Crippen molar-refractivity contribution in [2.75, 3.05) is 0 Å². The van der Waals surface area contributed by atoms with Crippen molar-refractivity contribution in [3.8, 4) is 28.3 Å². The summed E-state index contributed by atoms with van der Waals surface area (Å²) < 4.78 is 7.75. The van der Waals surface area contributed by atoms with Crippen LogP contribution in [-0.2, 0) is 24.2 Å². The van der Waals surface area contributed by atoms with E-state index in [1.165, 1.54) is 23.6 Å². The van der Waals surface area contributed by atoms with Gasteiger partial charge in [-0.3, -0.25) is 4.79 Å². The molecule has 3 aromatic carbocycles. The summed E-state index contributed by atoms with van der Waals surface area (Å²) >= 11 is 0. The fourth-order valence-electron chi connectivity index (χ4n) is 4.76. The van der Waals surface area contributed by atoms with Crippen molar-refractivity contribution in [2.24, 2.45) is 5.92 Å². The summed E-state index contributed by atoms with van der Waals surface area (Å²) in [4.78, 5) is 16.3. The zero-order chi connectivity index (χ0) is 21.9. The molecule has 0 saturated carbocycles. The second-order valence-corrected chi connectivity index (χ2v) is 8.42. The van der Waals surface area contributed by atoms with Crippen LogP contribution >= 0.6 is 0 Å². The highest BCUT2D eigenvalue weighted by Crippen LogP contribution is 2.36. The first-order valence-electron chi connectivity index (χ1n) is 11.1. The Hall–Kier alpha value is -3.66. The first-order valence-corrected chi connectivity index (χ1v) is 11.1. The fraction of sp³-hybridized carbons (Fsp3) is 0.214. The summed E-state index contributed by atoms with van der Waals surface area (Å²) in [5.74, 6) is 0.947. The number of fused-ring (bicyclic) bond motifs is 1. The standard InChI is InChI=1S/C28H26N2O2/c1-20(31)32-26-14-8-13-24-17-21(15-16-25(24)26)18-30-19-29-27(22-9-4-2-5-10-22)28(30)23-11-6-3-7-12-23/h2-14,19,21H,15-18H2,1H3. The minimum absolute atomic E-state index is 0.264. The molecule has 0 spiro atoms. The number of benzene rings is 3. The predicted octanol–water partition coefficient (Wildman–Crippen LogP) is 5.95. The monoisotopic (exact) mass is 422 g/mol. The Morgan fingerprint density at radius 3 is 2.41 bits per heavy atom. The molecule has 1 aliphatic rings. The quantitative estimate of drug-likeness (QED) is 0.295. The number of nitrogens with zero attached hydrogens (tertiary/aromatic N) is 2. The number of hydrogen-bond acceptors (Lipinski definition) is 3. The van der Waals surface area contributed by atoms with E-state index in [0.717, 1.165) is 42.8 Å². The van der Waals surface area contributed by atoms with Crippen molar-refractivity contribution < 1.29 is 9.53 Å². The Labute approximate surface area is 188 Å². The van der Waals surface area contributed by atoms with Gasteiger partial charge in [0.15, 0.2) is 0 Å². The molecule has 0 amide bonds. The van der Waals surface area contributed by atoms with Gasteiger partial charge in [0.1, 0.15) is 5.75 Å². The smallest absolute Gasteiger partial charge is 0.308 e. The molecule has 1 aromatic heterocycles. The molecule has 0 fully saturated rings. The van der Waals surface area contributed by atoms with Gasteiger partial charge < -0.3 is 9.30 Å². The molecule has 0 aliphatic heterocycles. The molecule has 0 radical (unpaired) electrons. The molecule has 1 unspecified atom stereocenters. The number of imidazole rings is 1. The second-order valence-electron chi connectivity index (χ2n) is 8.42. The largest absolute Gasteiger partial charge is 0.426 e. The SMILES string of the molecule is CC(=O)Oc1cccc2c1CCC(Cn1cnc(-c3ccccc3)c1-c1ccccc1)C2. The fourth-order valence-corrected chi connectivity index (χ4v) is 4.76. The molecule has 1 heterocycles. The molecule has 4 nitrogen and oxygen atoms in total. The second kappa shape index (κ2) is 8.83. The number of ether oxygens (including phenoxy) is 1. The zero-order valence-electron chi connectivity index (χ0n) is 18.2. The highest BCUT2D eigenvalue weighted by Gasteiger charge is 2.24. The summed E-state index contributed by atoms with van der Waals surface area (Å²) in [6.07, 6.45) is 4.93. The van der Waals surface area contributed by atoms with Crippen LogP contribution in [0, 0.1) is 5.92 Å². The summed E-state index contributed by atoms with van der Waals surface area (Å²) in [6, 6.07) is 26.9. The molecule has 0 N–H and O–H groups in total. The summed E-state index contributed by atoms with van der Waals surface area (Å²) in [5.41, 5.74) is 6.95. The van der Waals surface area contributed by atoms with Crippen LogP contribution in [0.5, 0.6) is 5.75 Å². The van der Waals surface area contributed by atoms with Gasteiger partial charge in [-0.25, -0.2) is 4.98 Å². The van der Waals surface area contributed by atoms with E-state index in [-0.39, 0.29) is 5.97 Å². The van der Waals surface area contributed by atoms with Gasteiger partial charge in [0.25, 0.3) is 0 Å². The third kappa shape index (κ3) is 4.09. The third-order valence-electron chi connectivity index (χ3n) is 6.18. The minimum atomic E-state index is -0.264. The molecule has 0 bridgehead atoms. The molecule has 32 heavy (non-hydrogen) atoms. The lowest BCUT2D eigenvalue weighted by Gasteiger charge is -2.27. The molecule has 0 saturated heterocycles. The number of hydrogen-bond donors (Lipinski definition) is 0. The summed E-state index contributed by atoms with van der Waals surface area (Å²) in [6.45, 7) is 2.36. The van der Waals surface area contributed by atoms with Crippen LogP contribution in [-0.4, -0.2) is 15.5 Å². The topological polar surface area (TPSA) is 44.1 Å². The van der Waals surface area contributed by atoms with Gasteiger partial charge in [0, 0.05) is 24.6 Å². The van der Waals surface area contributed by atoms with Gasteiger partial charge in [-0.15, -0.1) is 0 Å². The lowest BCUT2D eigenvalue weighted by atomic mass is 9.83. The van der Waals surface area contributed by atoms with Crippen molar-refractivity contribution in [1.82, 2.24) is 9.55 Å². The Balaban J connectivity index is 1.46. The van der Waals surface area contributed by atoms with Crippen LogP contribution < -0.4 is 4.74 Å². The maximum absolute atomic E-state index is 11.5. The van der Waals surface area contributed by atoms with E-state index in [1.54, 1.807) is 0 Å². The Morgan fingerprint density at radius 1 is 0.969 bits per heavy atom. The molecule has 4 heteroatoms. The highest BCUT2D eigenvalue weighted by molar-refractivity contribution is 5.78. The normalized spacial score (nSPS) is 15.2. The van der Waals surface area contributed by atoms with E-state index in [1.807, 2.05) is 30.6 Å². The summed E-state index contributed by atoms with van der Waals surface area (Å²) in [5, 5.41) is 0. The number of rotatable bonds is 5. The van der Waals surface area contributed by atoms with Gasteiger partial charge in [0.05, 0.1) is 17.7 Å². The third-order valence-corrected chi connectivity index (χ3v) is 6.18. The maximum Gasteiger partial charge on any atom is 0.308 e. The van der Waals surface area contributed by atoms with Crippen LogP contribution in [0.25, 0.3) is 22.5 Å². The van der Waals surface area contributed by atoms with Crippen molar-refractivity contribution >= 4 is 5.97 Å². The van der Waals surface area contributed by atoms with E-state index in [4.69, 9.17) is 9.72 Å². The lowest BCUT2D eigenvalue weighted by molar-refractivity contribution is -0.131. The van der Waals surface area contributed by atoms with Gasteiger partial charge in [-0.1, -0.05) is 72.8 Å². The zero-order valence-corrected chi connectivity index (χ0v) is 18.2. The Kier molecular flexibility index (Phi) is 5.59. The average molecular weight is 423 g/mol. The van der Waals surface area contributed by atoms with Gasteiger partial charge >= 0.3 is 5.97 Å². The molecule has 5 rings (SSSR count). The van der Waals surface area contributed by atoms with E-state index in [9.17, 15) is 4.79 Å². The van der Waals surface area contributed by atoms with Gasteiger partial charge in [-0.2, -0.15) is 0 Å². The number of aromatic nitrogens is 2. The van der Waals surface area contributed by atoms with Crippen molar-refractivity contribution in [3.05, 3.63) is 96.3 Å². The van der Waals surface area contributed by atoms with Gasteiger partial charge in [0.2, 0.25) is 0 Å². The van der Waals surface area contributed by atoms with Crippen LogP contribution in [0.2, 0.25) is 0 Å². The van der Waals surface area contributed by atoms with Crippen LogP contribution in [0.4, 0.5) is 0 Å². The molecule has 160 valence electrons.